The van der Waals surface area contributed by atoms with E-state index in [0.29, 0.717) is 6.04 Å². The molecule has 0 unspecified atom stereocenters. The second-order valence-electron chi connectivity index (χ2n) is 5.69. The van der Waals surface area contributed by atoms with Crippen molar-refractivity contribution in [2.75, 3.05) is 23.3 Å². The molecule has 6 nitrogen and oxygen atoms in total. The van der Waals surface area contributed by atoms with Crippen LogP contribution in [-0.4, -0.2) is 39.3 Å². The molecule has 1 aliphatic heterocycles. The largest absolute Gasteiger partial charge is 0.367 e. The fourth-order valence-electron chi connectivity index (χ4n) is 3.16. The van der Waals surface area contributed by atoms with E-state index in [-0.39, 0.29) is 0 Å². The van der Waals surface area contributed by atoms with Crippen LogP contribution in [-0.2, 0) is 0 Å². The monoisotopic (exact) mass is 306 g/mol. The first-order chi connectivity index (χ1) is 11.4. The highest BCUT2D eigenvalue weighted by Gasteiger charge is 2.25. The van der Waals surface area contributed by atoms with Crippen molar-refractivity contribution in [1.29, 1.82) is 0 Å². The van der Waals surface area contributed by atoms with Crippen molar-refractivity contribution in [1.82, 2.24) is 20.2 Å². The van der Waals surface area contributed by atoms with Crippen LogP contribution in [0, 0.1) is 0 Å². The first-order valence-corrected chi connectivity index (χ1v) is 7.90. The molecule has 0 aliphatic carbocycles. The molecular formula is C17H18N6. The van der Waals surface area contributed by atoms with Gasteiger partial charge in [0.05, 0.1) is 5.52 Å². The second-order valence-corrected chi connectivity index (χ2v) is 5.69. The molecule has 0 bridgehead atoms. The highest BCUT2D eigenvalue weighted by molar-refractivity contribution is 5.88. The first-order valence-electron chi connectivity index (χ1n) is 7.90. The smallest absolute Gasteiger partial charge is 0.151 e. The van der Waals surface area contributed by atoms with Crippen LogP contribution in [0.15, 0.2) is 48.9 Å². The van der Waals surface area contributed by atoms with Crippen LogP contribution in [0.5, 0.6) is 0 Å². The molecule has 1 N–H and O–H groups in total. The van der Waals surface area contributed by atoms with E-state index in [9.17, 15) is 0 Å². The van der Waals surface area contributed by atoms with Crippen LogP contribution in [0.3, 0.4) is 0 Å². The fraction of sp³-hybridized carbons (Fsp3) is 0.294. The summed E-state index contributed by atoms with van der Waals surface area (Å²) in [6.07, 6.45) is 5.64. The lowest BCUT2D eigenvalue weighted by Crippen LogP contribution is -2.35. The summed E-state index contributed by atoms with van der Waals surface area (Å²) in [7, 11) is 0. The summed E-state index contributed by atoms with van der Waals surface area (Å²) in [5.41, 5.74) is 0.960. The van der Waals surface area contributed by atoms with Gasteiger partial charge in [-0.05, 0) is 37.1 Å². The Morgan fingerprint density at radius 3 is 3.00 bits per heavy atom. The molecule has 1 atom stereocenters. The van der Waals surface area contributed by atoms with E-state index >= 15 is 0 Å². The van der Waals surface area contributed by atoms with Gasteiger partial charge < -0.3 is 10.2 Å². The minimum absolute atomic E-state index is 0.403. The van der Waals surface area contributed by atoms with Crippen LogP contribution in [0.4, 0.5) is 11.6 Å². The Labute approximate surface area is 134 Å². The van der Waals surface area contributed by atoms with Crippen molar-refractivity contribution in [3.8, 4) is 0 Å². The Bertz CT molecular complexity index is 786. The summed E-state index contributed by atoms with van der Waals surface area (Å²) in [5.74, 6) is 1.84. The molecule has 0 radical (unpaired) electrons. The number of para-hydroxylation sites is 1. The van der Waals surface area contributed by atoms with E-state index in [2.05, 4.69) is 30.4 Å². The molecule has 3 aromatic rings. The number of benzene rings is 1. The molecule has 4 rings (SSSR count). The molecule has 0 saturated carbocycles. The molecule has 0 amide bonds. The van der Waals surface area contributed by atoms with Crippen LogP contribution in [0.25, 0.3) is 10.9 Å². The molecule has 2 aromatic heterocycles. The highest BCUT2D eigenvalue weighted by Crippen LogP contribution is 2.24. The Morgan fingerprint density at radius 2 is 2.09 bits per heavy atom. The lowest BCUT2D eigenvalue weighted by atomic mass is 10.2. The molecule has 116 valence electrons. The van der Waals surface area contributed by atoms with Gasteiger partial charge in [-0.1, -0.05) is 12.1 Å². The predicted molar refractivity (Wildman–Crippen MR) is 90.4 cm³/mol. The number of hydrogen-bond acceptors (Lipinski definition) is 6. The SMILES string of the molecule is c1cnnc(N2CCC[C@H]2CNc2ncnc3ccccc23)c1. The van der Waals surface area contributed by atoms with Gasteiger partial charge in [0.15, 0.2) is 5.82 Å². The van der Waals surface area contributed by atoms with Gasteiger partial charge in [0.1, 0.15) is 12.1 Å². The summed E-state index contributed by atoms with van der Waals surface area (Å²) in [6, 6.07) is 12.4. The van der Waals surface area contributed by atoms with Crippen molar-refractivity contribution in [2.45, 2.75) is 18.9 Å². The average molecular weight is 306 g/mol. The summed E-state index contributed by atoms with van der Waals surface area (Å²) in [6.45, 7) is 1.85. The number of nitrogens with zero attached hydrogens (tertiary/aromatic N) is 5. The number of fused-ring (bicyclic) bond motifs is 1. The Hall–Kier alpha value is -2.76. The fourth-order valence-corrected chi connectivity index (χ4v) is 3.16. The molecule has 1 saturated heterocycles. The zero-order chi connectivity index (χ0) is 15.5. The number of anilines is 2. The normalized spacial score (nSPS) is 17.6. The lowest BCUT2D eigenvalue weighted by molar-refractivity contribution is 0.685. The maximum absolute atomic E-state index is 4.40. The zero-order valence-corrected chi connectivity index (χ0v) is 12.8. The Balaban J connectivity index is 1.52. The van der Waals surface area contributed by atoms with Gasteiger partial charge in [-0.3, -0.25) is 0 Å². The van der Waals surface area contributed by atoms with E-state index < -0.39 is 0 Å². The van der Waals surface area contributed by atoms with Gasteiger partial charge in [-0.25, -0.2) is 9.97 Å². The van der Waals surface area contributed by atoms with Crippen molar-refractivity contribution < 1.29 is 0 Å². The number of nitrogens with one attached hydrogen (secondary N) is 1. The van der Waals surface area contributed by atoms with Crippen LogP contribution in [0.1, 0.15) is 12.8 Å². The minimum Gasteiger partial charge on any atom is -0.367 e. The quantitative estimate of drug-likeness (QED) is 0.799. The predicted octanol–water partition coefficient (Wildman–Crippen LogP) is 2.50. The summed E-state index contributed by atoms with van der Waals surface area (Å²) < 4.78 is 0. The molecule has 1 aromatic carbocycles. The summed E-state index contributed by atoms with van der Waals surface area (Å²) in [5, 5.41) is 12.8. The molecule has 1 fully saturated rings. The average Bonchev–Trinajstić information content (AvgIpc) is 3.09. The van der Waals surface area contributed by atoms with Crippen molar-refractivity contribution in [3.05, 3.63) is 48.9 Å². The third-order valence-corrected chi connectivity index (χ3v) is 4.28. The van der Waals surface area contributed by atoms with Gasteiger partial charge in [0.25, 0.3) is 0 Å². The van der Waals surface area contributed by atoms with Gasteiger partial charge >= 0.3 is 0 Å². The Morgan fingerprint density at radius 1 is 1.13 bits per heavy atom. The van der Waals surface area contributed by atoms with Crippen molar-refractivity contribution in [2.24, 2.45) is 0 Å². The van der Waals surface area contributed by atoms with E-state index in [1.807, 2.05) is 36.4 Å². The minimum atomic E-state index is 0.403. The molecule has 1 aliphatic rings. The van der Waals surface area contributed by atoms with Crippen LogP contribution in [0.2, 0.25) is 0 Å². The van der Waals surface area contributed by atoms with E-state index in [1.165, 1.54) is 6.42 Å². The van der Waals surface area contributed by atoms with E-state index in [1.54, 1.807) is 12.5 Å². The standard InChI is InChI=1S/C17H18N6/c1-2-7-15-14(6-1)17(20-12-19-15)18-11-13-5-4-10-23(13)16-8-3-9-21-22-16/h1-3,6-9,12-13H,4-5,10-11H2,(H,18,19,20)/t13-/m0/s1. The zero-order valence-electron chi connectivity index (χ0n) is 12.8. The van der Waals surface area contributed by atoms with Gasteiger partial charge in [-0.2, -0.15) is 5.10 Å². The topological polar surface area (TPSA) is 66.8 Å². The Kier molecular flexibility index (Phi) is 3.71. The number of rotatable bonds is 4. The van der Waals surface area contributed by atoms with Crippen molar-refractivity contribution >= 4 is 22.5 Å². The first kappa shape index (κ1) is 13.9. The van der Waals surface area contributed by atoms with Crippen LogP contribution < -0.4 is 10.2 Å². The maximum atomic E-state index is 4.40. The third-order valence-electron chi connectivity index (χ3n) is 4.28. The summed E-state index contributed by atoms with van der Waals surface area (Å²) >= 11 is 0. The molecule has 0 spiro atoms. The van der Waals surface area contributed by atoms with E-state index in [0.717, 1.165) is 42.0 Å². The van der Waals surface area contributed by atoms with Gasteiger partial charge in [0.2, 0.25) is 0 Å². The van der Waals surface area contributed by atoms with Crippen molar-refractivity contribution in [3.63, 3.8) is 0 Å². The van der Waals surface area contributed by atoms with Gasteiger partial charge in [0, 0.05) is 30.7 Å². The summed E-state index contributed by atoms with van der Waals surface area (Å²) in [4.78, 5) is 11.0. The number of aromatic nitrogens is 4. The van der Waals surface area contributed by atoms with E-state index in [4.69, 9.17) is 0 Å². The molecule has 6 heteroatoms. The van der Waals surface area contributed by atoms with Crippen LogP contribution >= 0.6 is 0 Å². The third kappa shape index (κ3) is 2.79. The number of hydrogen-bond donors (Lipinski definition) is 1. The molecular weight excluding hydrogens is 288 g/mol. The second kappa shape index (κ2) is 6.16. The molecule has 23 heavy (non-hydrogen) atoms. The van der Waals surface area contributed by atoms with Gasteiger partial charge in [-0.15, -0.1) is 5.10 Å². The molecule has 3 heterocycles. The maximum Gasteiger partial charge on any atom is 0.151 e. The highest BCUT2D eigenvalue weighted by atomic mass is 15.3. The lowest BCUT2D eigenvalue weighted by Gasteiger charge is -2.25.